The molecule has 0 saturated carbocycles. The largest absolute Gasteiger partial charge is 0.478 e. The molecule has 0 radical (unpaired) electrons. The van der Waals surface area contributed by atoms with E-state index in [0.717, 1.165) is 0 Å². The highest BCUT2D eigenvalue weighted by atomic mass is 35.5. The summed E-state index contributed by atoms with van der Waals surface area (Å²) in [5.41, 5.74) is 4.72. The summed E-state index contributed by atoms with van der Waals surface area (Å²) in [7, 11) is 0. The van der Waals surface area contributed by atoms with E-state index in [1.807, 2.05) is 0 Å². The van der Waals surface area contributed by atoms with Crippen molar-refractivity contribution in [2.75, 3.05) is 18.4 Å². The van der Waals surface area contributed by atoms with Crippen LogP contribution in [-0.4, -0.2) is 36.2 Å². The molecule has 6 N–H and O–H groups in total. The van der Waals surface area contributed by atoms with Crippen LogP contribution in [0.2, 0.25) is 5.02 Å². The van der Waals surface area contributed by atoms with Crippen molar-refractivity contribution in [3.05, 3.63) is 28.8 Å². The van der Waals surface area contributed by atoms with Crippen LogP contribution in [0.4, 0.5) is 15.3 Å². The Balaban J connectivity index is 2.60. The molecule has 1 rings (SSSR count). The maximum atomic E-state index is 11.5. The van der Waals surface area contributed by atoms with Crippen molar-refractivity contribution in [1.29, 1.82) is 0 Å². The Morgan fingerprint density at radius 2 is 1.85 bits per heavy atom. The highest BCUT2D eigenvalue weighted by Gasteiger charge is 2.15. The minimum Gasteiger partial charge on any atom is -0.478 e. The van der Waals surface area contributed by atoms with Crippen molar-refractivity contribution in [1.82, 2.24) is 10.6 Å². The molecule has 108 valence electrons. The standard InChI is InChI=1S/C11H13ClN4O4/c12-6-2-1-3-7(8(6)9(17)18)16-11(20)15-5-4-14-10(13)19/h1-3H,4-5H2,(H,17,18)(H3,13,14,19)(H2,15,16,20). The summed E-state index contributed by atoms with van der Waals surface area (Å²) in [6.07, 6.45) is 0. The zero-order valence-corrected chi connectivity index (χ0v) is 11.0. The molecule has 0 aromatic heterocycles. The van der Waals surface area contributed by atoms with Crippen LogP contribution in [0.1, 0.15) is 10.4 Å². The van der Waals surface area contributed by atoms with Crippen LogP contribution >= 0.6 is 11.6 Å². The van der Waals surface area contributed by atoms with Gasteiger partial charge in [0, 0.05) is 13.1 Å². The number of carboxylic acids is 1. The molecule has 0 aliphatic heterocycles. The lowest BCUT2D eigenvalue weighted by atomic mass is 10.2. The lowest BCUT2D eigenvalue weighted by Crippen LogP contribution is -2.38. The Morgan fingerprint density at radius 3 is 2.45 bits per heavy atom. The van der Waals surface area contributed by atoms with Crippen molar-refractivity contribution in [2.45, 2.75) is 0 Å². The number of nitrogens with two attached hydrogens (primary N) is 1. The van der Waals surface area contributed by atoms with Gasteiger partial charge in [-0.2, -0.15) is 0 Å². The minimum atomic E-state index is -1.25. The van der Waals surface area contributed by atoms with Gasteiger partial charge in [-0.15, -0.1) is 0 Å². The zero-order valence-electron chi connectivity index (χ0n) is 10.3. The van der Waals surface area contributed by atoms with E-state index in [1.165, 1.54) is 18.2 Å². The number of hydrogen-bond donors (Lipinski definition) is 5. The molecule has 0 aliphatic rings. The molecule has 0 bridgehead atoms. The average molecular weight is 301 g/mol. The second-order valence-electron chi connectivity index (χ2n) is 3.64. The van der Waals surface area contributed by atoms with Gasteiger partial charge in [-0.25, -0.2) is 14.4 Å². The van der Waals surface area contributed by atoms with Crippen molar-refractivity contribution in [3.8, 4) is 0 Å². The number of hydrogen-bond acceptors (Lipinski definition) is 3. The molecule has 8 nitrogen and oxygen atoms in total. The lowest BCUT2D eigenvalue weighted by Gasteiger charge is -2.10. The number of carbonyl (C=O) groups excluding carboxylic acids is 2. The molecule has 0 unspecified atom stereocenters. The van der Waals surface area contributed by atoms with Crippen LogP contribution in [-0.2, 0) is 0 Å². The number of halogens is 1. The Bertz CT molecular complexity index is 535. The van der Waals surface area contributed by atoms with Gasteiger partial charge in [0.15, 0.2) is 0 Å². The molecule has 1 aromatic rings. The molecule has 0 heterocycles. The number of rotatable bonds is 5. The molecular weight excluding hydrogens is 288 g/mol. The first kappa shape index (κ1) is 15.6. The predicted octanol–water partition coefficient (Wildman–Crippen LogP) is 0.828. The van der Waals surface area contributed by atoms with Gasteiger partial charge in [-0.3, -0.25) is 0 Å². The Hall–Kier alpha value is -2.48. The van der Waals surface area contributed by atoms with Crippen LogP contribution < -0.4 is 21.7 Å². The van der Waals surface area contributed by atoms with E-state index in [4.69, 9.17) is 22.4 Å². The fourth-order valence-corrected chi connectivity index (χ4v) is 1.63. The Morgan fingerprint density at radius 1 is 1.20 bits per heavy atom. The number of benzene rings is 1. The third-order valence-electron chi connectivity index (χ3n) is 2.19. The molecule has 0 atom stereocenters. The van der Waals surface area contributed by atoms with Gasteiger partial charge in [0.05, 0.1) is 10.7 Å². The maximum Gasteiger partial charge on any atom is 0.339 e. The predicted molar refractivity (Wildman–Crippen MR) is 73.0 cm³/mol. The SMILES string of the molecule is NC(=O)NCCNC(=O)Nc1cccc(Cl)c1C(=O)O. The summed E-state index contributed by atoms with van der Waals surface area (Å²) in [5, 5.41) is 16.1. The highest BCUT2D eigenvalue weighted by molar-refractivity contribution is 6.34. The molecule has 1 aromatic carbocycles. The number of aromatic carboxylic acids is 1. The maximum absolute atomic E-state index is 11.5. The summed E-state index contributed by atoms with van der Waals surface area (Å²) < 4.78 is 0. The summed E-state index contributed by atoms with van der Waals surface area (Å²) in [5.74, 6) is -1.25. The molecule has 4 amide bonds. The fourth-order valence-electron chi connectivity index (χ4n) is 1.37. The van der Waals surface area contributed by atoms with Crippen LogP contribution in [0.25, 0.3) is 0 Å². The Labute approximate surface area is 119 Å². The van der Waals surface area contributed by atoms with E-state index in [2.05, 4.69) is 16.0 Å². The number of nitrogens with one attached hydrogen (secondary N) is 3. The molecule has 0 spiro atoms. The van der Waals surface area contributed by atoms with Gasteiger partial charge >= 0.3 is 18.0 Å². The molecule has 0 saturated heterocycles. The van der Waals surface area contributed by atoms with E-state index in [0.29, 0.717) is 0 Å². The average Bonchev–Trinajstić information content (AvgIpc) is 2.34. The van der Waals surface area contributed by atoms with Crippen LogP contribution in [0.5, 0.6) is 0 Å². The molecule has 0 fully saturated rings. The van der Waals surface area contributed by atoms with Crippen LogP contribution in [0.15, 0.2) is 18.2 Å². The summed E-state index contributed by atoms with van der Waals surface area (Å²) in [6.45, 7) is 0.293. The van der Waals surface area contributed by atoms with E-state index in [1.54, 1.807) is 0 Å². The third-order valence-corrected chi connectivity index (χ3v) is 2.50. The molecule has 20 heavy (non-hydrogen) atoms. The van der Waals surface area contributed by atoms with Crippen molar-refractivity contribution >= 4 is 35.3 Å². The summed E-state index contributed by atoms with van der Waals surface area (Å²) in [4.78, 5) is 33.0. The van der Waals surface area contributed by atoms with Gasteiger partial charge in [-0.05, 0) is 12.1 Å². The van der Waals surface area contributed by atoms with Gasteiger partial charge in [0.25, 0.3) is 0 Å². The summed E-state index contributed by atoms with van der Waals surface area (Å²) in [6, 6.07) is 3.01. The first-order valence-electron chi connectivity index (χ1n) is 5.51. The van der Waals surface area contributed by atoms with Crippen LogP contribution in [0, 0.1) is 0 Å². The monoisotopic (exact) mass is 300 g/mol. The minimum absolute atomic E-state index is 0.0192. The topological polar surface area (TPSA) is 134 Å². The number of anilines is 1. The van der Waals surface area contributed by atoms with E-state index >= 15 is 0 Å². The smallest absolute Gasteiger partial charge is 0.339 e. The first-order chi connectivity index (χ1) is 9.41. The van der Waals surface area contributed by atoms with E-state index in [9.17, 15) is 14.4 Å². The number of carbonyl (C=O) groups is 3. The second kappa shape index (κ2) is 7.19. The van der Waals surface area contributed by atoms with Crippen molar-refractivity contribution in [2.24, 2.45) is 5.73 Å². The van der Waals surface area contributed by atoms with Gasteiger partial charge in [-0.1, -0.05) is 17.7 Å². The number of urea groups is 2. The van der Waals surface area contributed by atoms with E-state index in [-0.39, 0.29) is 29.4 Å². The van der Waals surface area contributed by atoms with Gasteiger partial charge < -0.3 is 26.8 Å². The lowest BCUT2D eigenvalue weighted by molar-refractivity contribution is 0.0698. The fraction of sp³-hybridized carbons (Fsp3) is 0.182. The quantitative estimate of drug-likeness (QED) is 0.515. The summed E-state index contributed by atoms with van der Waals surface area (Å²) >= 11 is 5.76. The normalized spacial score (nSPS) is 9.65. The second-order valence-corrected chi connectivity index (χ2v) is 4.05. The van der Waals surface area contributed by atoms with Gasteiger partial charge in [0.1, 0.15) is 5.56 Å². The zero-order chi connectivity index (χ0) is 15.1. The number of amides is 4. The third kappa shape index (κ3) is 4.65. The van der Waals surface area contributed by atoms with E-state index < -0.39 is 18.0 Å². The Kier molecular flexibility index (Phi) is 5.60. The molecular formula is C11H13ClN4O4. The highest BCUT2D eigenvalue weighted by Crippen LogP contribution is 2.24. The van der Waals surface area contributed by atoms with Crippen molar-refractivity contribution in [3.63, 3.8) is 0 Å². The van der Waals surface area contributed by atoms with Gasteiger partial charge in [0.2, 0.25) is 0 Å². The molecule has 0 aliphatic carbocycles. The number of carboxylic acid groups (broad SMARTS) is 1. The van der Waals surface area contributed by atoms with Crippen molar-refractivity contribution < 1.29 is 19.5 Å². The molecule has 9 heteroatoms. The number of primary amides is 1. The van der Waals surface area contributed by atoms with Crippen LogP contribution in [0.3, 0.4) is 0 Å². The first-order valence-corrected chi connectivity index (χ1v) is 5.89.